The van der Waals surface area contributed by atoms with Crippen LogP contribution in [0.2, 0.25) is 0 Å². The van der Waals surface area contributed by atoms with Crippen molar-refractivity contribution in [2.45, 2.75) is 25.8 Å². The van der Waals surface area contributed by atoms with Gasteiger partial charge in [-0.05, 0) is 48.2 Å². The van der Waals surface area contributed by atoms with Gasteiger partial charge >= 0.3 is 0 Å². The fraction of sp³-hybridized carbons (Fsp3) is 0.600. The Kier molecular flexibility index (Phi) is 5.81. The Labute approximate surface area is 83.6 Å². The van der Waals surface area contributed by atoms with E-state index in [-0.39, 0.29) is 0 Å². The Balaban J connectivity index is 1.90. The number of hydrogen-bond donors (Lipinski definition) is 2. The van der Waals surface area contributed by atoms with Crippen LogP contribution in [0.5, 0.6) is 0 Å². The minimum atomic E-state index is 0.324. The number of aliphatic hydroxyl groups excluding tert-OH is 1. The monoisotopic (exact) mass is 199 g/mol. The first-order chi connectivity index (χ1) is 6.43. The molecule has 0 aromatic carbocycles. The average Bonchev–Trinajstić information content (AvgIpc) is 2.63. The quantitative estimate of drug-likeness (QED) is 0.658. The van der Waals surface area contributed by atoms with E-state index >= 15 is 0 Å². The molecule has 0 aliphatic rings. The third-order valence-electron chi connectivity index (χ3n) is 1.92. The van der Waals surface area contributed by atoms with Gasteiger partial charge in [-0.15, -0.1) is 0 Å². The van der Waals surface area contributed by atoms with Gasteiger partial charge < -0.3 is 10.4 Å². The van der Waals surface area contributed by atoms with Crippen molar-refractivity contribution in [3.63, 3.8) is 0 Å². The lowest BCUT2D eigenvalue weighted by molar-refractivity contribution is 0.283. The molecule has 0 aliphatic carbocycles. The molecule has 2 N–H and O–H groups in total. The molecule has 0 fully saturated rings. The summed E-state index contributed by atoms with van der Waals surface area (Å²) in [5.74, 6) is 0. The van der Waals surface area contributed by atoms with Crippen LogP contribution in [0.25, 0.3) is 0 Å². The molecule has 0 saturated heterocycles. The summed E-state index contributed by atoms with van der Waals surface area (Å²) in [5, 5.41) is 16.2. The van der Waals surface area contributed by atoms with Crippen LogP contribution >= 0.6 is 11.3 Å². The molecule has 2 nitrogen and oxygen atoms in total. The van der Waals surface area contributed by atoms with E-state index in [1.807, 2.05) is 0 Å². The van der Waals surface area contributed by atoms with Crippen LogP contribution in [-0.2, 0) is 6.54 Å². The van der Waals surface area contributed by atoms with Crippen molar-refractivity contribution in [3.05, 3.63) is 22.4 Å². The Hall–Kier alpha value is -0.380. The predicted octanol–water partition coefficient (Wildman–Crippen LogP) is 2.00. The van der Waals surface area contributed by atoms with Crippen LogP contribution in [0.15, 0.2) is 16.8 Å². The van der Waals surface area contributed by atoms with E-state index in [9.17, 15) is 0 Å². The molecule has 0 radical (unpaired) electrons. The molecule has 0 amide bonds. The van der Waals surface area contributed by atoms with Gasteiger partial charge in [0.15, 0.2) is 0 Å². The van der Waals surface area contributed by atoms with Crippen molar-refractivity contribution in [1.29, 1.82) is 0 Å². The number of aliphatic hydroxyl groups is 1. The molecule has 1 heterocycles. The second-order valence-corrected chi connectivity index (χ2v) is 3.87. The van der Waals surface area contributed by atoms with Crippen LogP contribution < -0.4 is 5.32 Å². The molecule has 0 spiro atoms. The van der Waals surface area contributed by atoms with Gasteiger partial charge in [-0.1, -0.05) is 0 Å². The highest BCUT2D eigenvalue weighted by Crippen LogP contribution is 2.04. The Bertz CT molecular complexity index is 199. The Morgan fingerprint density at radius 2 is 2.23 bits per heavy atom. The lowest BCUT2D eigenvalue weighted by atomic mass is 10.2. The highest BCUT2D eigenvalue weighted by atomic mass is 32.1. The van der Waals surface area contributed by atoms with E-state index < -0.39 is 0 Å². The zero-order chi connectivity index (χ0) is 9.36. The predicted molar refractivity (Wildman–Crippen MR) is 57.0 cm³/mol. The van der Waals surface area contributed by atoms with E-state index in [1.54, 1.807) is 11.3 Å². The first-order valence-corrected chi connectivity index (χ1v) is 5.70. The molecule has 3 heteroatoms. The highest BCUT2D eigenvalue weighted by molar-refractivity contribution is 7.07. The second-order valence-electron chi connectivity index (χ2n) is 3.09. The van der Waals surface area contributed by atoms with E-state index in [1.165, 1.54) is 5.56 Å². The molecular weight excluding hydrogens is 182 g/mol. The Morgan fingerprint density at radius 1 is 1.31 bits per heavy atom. The van der Waals surface area contributed by atoms with Crippen molar-refractivity contribution in [3.8, 4) is 0 Å². The van der Waals surface area contributed by atoms with E-state index in [4.69, 9.17) is 5.11 Å². The summed E-state index contributed by atoms with van der Waals surface area (Å²) in [4.78, 5) is 0. The number of hydrogen-bond acceptors (Lipinski definition) is 3. The molecule has 1 aromatic heterocycles. The Morgan fingerprint density at radius 3 is 2.92 bits per heavy atom. The van der Waals surface area contributed by atoms with Gasteiger partial charge in [-0.2, -0.15) is 11.3 Å². The van der Waals surface area contributed by atoms with Gasteiger partial charge in [0, 0.05) is 13.2 Å². The summed E-state index contributed by atoms with van der Waals surface area (Å²) in [6.45, 7) is 2.35. The molecule has 0 bridgehead atoms. The molecule has 74 valence electrons. The molecule has 1 rings (SSSR count). The number of thiophene rings is 1. The molecule has 0 saturated carbocycles. The van der Waals surface area contributed by atoms with Gasteiger partial charge in [-0.3, -0.25) is 0 Å². The van der Waals surface area contributed by atoms with Crippen molar-refractivity contribution >= 4 is 11.3 Å². The zero-order valence-corrected chi connectivity index (χ0v) is 8.65. The van der Waals surface area contributed by atoms with Gasteiger partial charge in [0.25, 0.3) is 0 Å². The maximum atomic E-state index is 8.55. The maximum absolute atomic E-state index is 8.55. The molecule has 0 aliphatic heterocycles. The summed E-state index contributed by atoms with van der Waals surface area (Å²) in [6, 6.07) is 2.14. The van der Waals surface area contributed by atoms with Crippen LogP contribution in [0.1, 0.15) is 24.8 Å². The molecule has 13 heavy (non-hydrogen) atoms. The third kappa shape index (κ3) is 5.03. The summed E-state index contributed by atoms with van der Waals surface area (Å²) in [7, 11) is 0. The van der Waals surface area contributed by atoms with Crippen molar-refractivity contribution < 1.29 is 5.11 Å². The van der Waals surface area contributed by atoms with E-state index in [2.05, 4.69) is 22.1 Å². The maximum Gasteiger partial charge on any atom is 0.0431 e. The number of nitrogens with one attached hydrogen (secondary N) is 1. The summed E-state index contributed by atoms with van der Waals surface area (Å²) in [6.07, 6.45) is 3.21. The van der Waals surface area contributed by atoms with E-state index in [0.29, 0.717) is 6.61 Å². The van der Waals surface area contributed by atoms with Gasteiger partial charge in [0.1, 0.15) is 0 Å². The van der Waals surface area contributed by atoms with Crippen molar-refractivity contribution in [2.24, 2.45) is 0 Å². The summed E-state index contributed by atoms with van der Waals surface area (Å²) in [5.41, 5.74) is 1.37. The standard InChI is InChI=1S/C10H17NOS/c12-6-3-1-2-5-11-8-10-4-7-13-9-10/h4,7,9,11-12H,1-3,5-6,8H2. The van der Waals surface area contributed by atoms with Crippen molar-refractivity contribution in [2.75, 3.05) is 13.2 Å². The lowest BCUT2D eigenvalue weighted by Crippen LogP contribution is -2.14. The fourth-order valence-corrected chi connectivity index (χ4v) is 1.83. The second kappa shape index (κ2) is 7.06. The highest BCUT2D eigenvalue weighted by Gasteiger charge is 1.91. The number of unbranched alkanes of at least 4 members (excludes halogenated alkanes) is 2. The van der Waals surface area contributed by atoms with Gasteiger partial charge in [-0.25, -0.2) is 0 Å². The molecular formula is C10H17NOS. The van der Waals surface area contributed by atoms with Gasteiger partial charge in [0.2, 0.25) is 0 Å². The van der Waals surface area contributed by atoms with Crippen LogP contribution in [0, 0.1) is 0 Å². The fourth-order valence-electron chi connectivity index (χ4n) is 1.16. The van der Waals surface area contributed by atoms with Crippen LogP contribution in [-0.4, -0.2) is 18.3 Å². The van der Waals surface area contributed by atoms with E-state index in [0.717, 1.165) is 32.4 Å². The van der Waals surface area contributed by atoms with Crippen LogP contribution in [0.3, 0.4) is 0 Å². The lowest BCUT2D eigenvalue weighted by Gasteiger charge is -2.01. The average molecular weight is 199 g/mol. The first kappa shape index (κ1) is 10.7. The molecule has 0 atom stereocenters. The molecule has 1 aromatic rings. The molecule has 0 unspecified atom stereocenters. The summed E-state index contributed by atoms with van der Waals surface area (Å²) < 4.78 is 0. The minimum Gasteiger partial charge on any atom is -0.396 e. The topological polar surface area (TPSA) is 32.3 Å². The number of rotatable bonds is 7. The smallest absolute Gasteiger partial charge is 0.0431 e. The van der Waals surface area contributed by atoms with Crippen molar-refractivity contribution in [1.82, 2.24) is 5.32 Å². The minimum absolute atomic E-state index is 0.324. The zero-order valence-electron chi connectivity index (χ0n) is 7.83. The van der Waals surface area contributed by atoms with Crippen LogP contribution in [0.4, 0.5) is 0 Å². The first-order valence-electron chi connectivity index (χ1n) is 4.76. The SMILES string of the molecule is OCCCCCNCc1ccsc1. The summed E-state index contributed by atoms with van der Waals surface area (Å²) >= 11 is 1.74. The third-order valence-corrected chi connectivity index (χ3v) is 2.65. The van der Waals surface area contributed by atoms with Gasteiger partial charge in [0.05, 0.1) is 0 Å². The largest absolute Gasteiger partial charge is 0.396 e. The normalized spacial score (nSPS) is 10.5.